The summed E-state index contributed by atoms with van der Waals surface area (Å²) in [5.74, 6) is -0.131. The summed E-state index contributed by atoms with van der Waals surface area (Å²) in [6, 6.07) is 10.3. The highest BCUT2D eigenvalue weighted by atomic mass is 35.5. The number of thiazole rings is 1. The molecule has 1 amide bonds. The van der Waals surface area contributed by atoms with Crippen LogP contribution in [0.4, 0.5) is 0 Å². The van der Waals surface area contributed by atoms with Gasteiger partial charge in [-0.05, 0) is 24.9 Å². The first-order chi connectivity index (χ1) is 11.3. The van der Waals surface area contributed by atoms with Crippen LogP contribution in [0.2, 0.25) is 0 Å². The highest BCUT2D eigenvalue weighted by molar-refractivity contribution is 7.09. The molecule has 1 aromatic heterocycles. The van der Waals surface area contributed by atoms with Crippen LogP contribution in [0.1, 0.15) is 27.5 Å². The summed E-state index contributed by atoms with van der Waals surface area (Å²) in [6.07, 6.45) is 2.42. The lowest BCUT2D eigenvalue weighted by atomic mass is 10.2. The zero-order valence-electron chi connectivity index (χ0n) is 13.6. The van der Waals surface area contributed by atoms with Crippen LogP contribution in [-0.2, 0) is 17.6 Å². The maximum Gasteiger partial charge on any atom is 0.270 e. The molecule has 0 fully saturated rings. The fraction of sp³-hybridized carbons (Fsp3) is 0.412. The van der Waals surface area contributed by atoms with Crippen molar-refractivity contribution in [3.8, 4) is 0 Å². The number of benzene rings is 1. The maximum atomic E-state index is 11.9. The Bertz CT molecular complexity index is 593. The summed E-state index contributed by atoms with van der Waals surface area (Å²) in [5.41, 5.74) is 7.22. The highest BCUT2D eigenvalue weighted by Crippen LogP contribution is 2.09. The van der Waals surface area contributed by atoms with Gasteiger partial charge in [-0.3, -0.25) is 4.79 Å². The Morgan fingerprint density at radius 2 is 2.00 bits per heavy atom. The number of nitrogens with zero attached hydrogens (tertiary/aromatic N) is 1. The Labute approximate surface area is 153 Å². The van der Waals surface area contributed by atoms with Gasteiger partial charge in [-0.25, -0.2) is 4.98 Å². The zero-order valence-corrected chi connectivity index (χ0v) is 15.2. The van der Waals surface area contributed by atoms with Gasteiger partial charge in [0.25, 0.3) is 5.91 Å². The molecular weight excluding hydrogens is 346 g/mol. The van der Waals surface area contributed by atoms with Gasteiger partial charge >= 0.3 is 0 Å². The number of nitrogens with two attached hydrogens (primary N) is 1. The second kappa shape index (κ2) is 12.0. The minimum absolute atomic E-state index is 0. The lowest BCUT2D eigenvalue weighted by Gasteiger charge is -2.05. The summed E-state index contributed by atoms with van der Waals surface area (Å²) in [6.45, 7) is 2.48. The van der Waals surface area contributed by atoms with Gasteiger partial charge in [0, 0.05) is 25.0 Å². The van der Waals surface area contributed by atoms with Crippen LogP contribution >= 0.6 is 23.7 Å². The van der Waals surface area contributed by atoms with Gasteiger partial charge in [-0.15, -0.1) is 23.7 Å². The third kappa shape index (κ3) is 7.40. The fourth-order valence-corrected chi connectivity index (χ4v) is 2.85. The molecule has 5 nitrogen and oxygen atoms in total. The van der Waals surface area contributed by atoms with Crippen LogP contribution < -0.4 is 11.1 Å². The number of amides is 1. The summed E-state index contributed by atoms with van der Waals surface area (Å²) >= 11 is 1.47. The van der Waals surface area contributed by atoms with Crippen molar-refractivity contribution in [3.63, 3.8) is 0 Å². The van der Waals surface area contributed by atoms with Gasteiger partial charge in [-0.2, -0.15) is 0 Å². The van der Waals surface area contributed by atoms with E-state index >= 15 is 0 Å². The normalized spacial score (nSPS) is 10.2. The van der Waals surface area contributed by atoms with Gasteiger partial charge in [0.05, 0.1) is 11.6 Å². The average molecular weight is 370 g/mol. The molecule has 24 heavy (non-hydrogen) atoms. The van der Waals surface area contributed by atoms with Crippen LogP contribution in [-0.4, -0.2) is 37.2 Å². The van der Waals surface area contributed by atoms with E-state index in [9.17, 15) is 4.79 Å². The molecule has 132 valence electrons. The third-order valence-electron chi connectivity index (χ3n) is 3.27. The second-order valence-electron chi connectivity index (χ2n) is 5.12. The number of carbonyl (C=O) groups is 1. The molecule has 0 aliphatic rings. The predicted octanol–water partition coefficient (Wildman–Crippen LogP) is 2.45. The minimum atomic E-state index is -0.131. The fourth-order valence-electron chi connectivity index (χ4n) is 2.06. The molecule has 1 aromatic carbocycles. The minimum Gasteiger partial charge on any atom is -0.381 e. The first kappa shape index (κ1) is 20.6. The molecule has 7 heteroatoms. The second-order valence-corrected chi connectivity index (χ2v) is 6.07. The van der Waals surface area contributed by atoms with E-state index in [1.165, 1.54) is 16.9 Å². The molecule has 3 N–H and O–H groups in total. The molecule has 0 aliphatic heterocycles. The molecule has 0 saturated heterocycles. The van der Waals surface area contributed by atoms with Crippen LogP contribution in [0.15, 0.2) is 35.7 Å². The molecule has 1 heterocycles. The number of carbonyl (C=O) groups excluding carboxylic acids is 1. The molecule has 0 saturated carbocycles. The number of rotatable bonds is 10. The maximum absolute atomic E-state index is 11.9. The van der Waals surface area contributed by atoms with Crippen LogP contribution in [0.3, 0.4) is 0 Å². The van der Waals surface area contributed by atoms with Crippen molar-refractivity contribution in [1.29, 1.82) is 0 Å². The van der Waals surface area contributed by atoms with Gasteiger partial charge in [0.2, 0.25) is 0 Å². The number of halogens is 1. The van der Waals surface area contributed by atoms with E-state index in [1.807, 2.05) is 18.2 Å². The Morgan fingerprint density at radius 3 is 2.75 bits per heavy atom. The Morgan fingerprint density at radius 1 is 1.21 bits per heavy atom. The van der Waals surface area contributed by atoms with Crippen LogP contribution in [0, 0.1) is 0 Å². The van der Waals surface area contributed by atoms with Gasteiger partial charge < -0.3 is 15.8 Å². The first-order valence-corrected chi connectivity index (χ1v) is 8.72. The molecule has 0 aliphatic carbocycles. The topological polar surface area (TPSA) is 77.2 Å². The Balaban J connectivity index is 0.00000288. The van der Waals surface area contributed by atoms with E-state index in [4.69, 9.17) is 10.5 Å². The number of aromatic nitrogens is 1. The zero-order chi connectivity index (χ0) is 16.3. The quantitative estimate of drug-likeness (QED) is 0.630. The molecule has 2 rings (SSSR count). The van der Waals surface area contributed by atoms with Crippen molar-refractivity contribution in [3.05, 3.63) is 52.0 Å². The van der Waals surface area contributed by atoms with Crippen molar-refractivity contribution in [1.82, 2.24) is 10.3 Å². The molecular formula is C17H24ClN3O2S. The predicted molar refractivity (Wildman–Crippen MR) is 100 cm³/mol. The smallest absolute Gasteiger partial charge is 0.270 e. The van der Waals surface area contributed by atoms with Crippen molar-refractivity contribution in [2.75, 3.05) is 26.3 Å². The SMILES string of the molecule is Cl.NCCc1nc(C(=O)NCCCOCCc2ccccc2)cs1. The van der Waals surface area contributed by atoms with Crippen molar-refractivity contribution >= 4 is 29.7 Å². The third-order valence-corrected chi connectivity index (χ3v) is 4.18. The number of hydrogen-bond acceptors (Lipinski definition) is 5. The Hall–Kier alpha value is -1.47. The monoisotopic (exact) mass is 369 g/mol. The van der Waals surface area contributed by atoms with Crippen molar-refractivity contribution in [2.45, 2.75) is 19.3 Å². The number of ether oxygens (including phenoxy) is 1. The molecule has 0 atom stereocenters. The first-order valence-electron chi connectivity index (χ1n) is 7.84. The average Bonchev–Trinajstić information content (AvgIpc) is 3.04. The van der Waals surface area contributed by atoms with Gasteiger partial charge in [0.1, 0.15) is 5.69 Å². The Kier molecular flexibility index (Phi) is 10.3. The van der Waals surface area contributed by atoms with E-state index in [0.29, 0.717) is 38.4 Å². The highest BCUT2D eigenvalue weighted by Gasteiger charge is 2.09. The lowest BCUT2D eigenvalue weighted by Crippen LogP contribution is -2.25. The molecule has 0 unspecified atom stereocenters. The summed E-state index contributed by atoms with van der Waals surface area (Å²) in [4.78, 5) is 16.2. The van der Waals surface area contributed by atoms with Crippen molar-refractivity contribution in [2.24, 2.45) is 5.73 Å². The van der Waals surface area contributed by atoms with Crippen LogP contribution in [0.25, 0.3) is 0 Å². The molecule has 2 aromatic rings. The van der Waals surface area contributed by atoms with E-state index < -0.39 is 0 Å². The number of nitrogens with one attached hydrogen (secondary N) is 1. The van der Waals surface area contributed by atoms with E-state index in [2.05, 4.69) is 22.4 Å². The summed E-state index contributed by atoms with van der Waals surface area (Å²) in [5, 5.41) is 5.54. The van der Waals surface area contributed by atoms with E-state index in [-0.39, 0.29) is 18.3 Å². The molecule has 0 spiro atoms. The van der Waals surface area contributed by atoms with Gasteiger partial charge in [-0.1, -0.05) is 30.3 Å². The standard InChI is InChI=1S/C17H23N3O2S.ClH/c18-9-7-16-20-15(13-23-16)17(21)19-10-4-11-22-12-8-14-5-2-1-3-6-14;/h1-3,5-6,13H,4,7-12,18H2,(H,19,21);1H. The van der Waals surface area contributed by atoms with E-state index in [1.54, 1.807) is 5.38 Å². The van der Waals surface area contributed by atoms with Gasteiger partial charge in [0.15, 0.2) is 0 Å². The summed E-state index contributed by atoms with van der Waals surface area (Å²) in [7, 11) is 0. The number of hydrogen-bond donors (Lipinski definition) is 2. The lowest BCUT2D eigenvalue weighted by molar-refractivity contribution is 0.0937. The van der Waals surface area contributed by atoms with E-state index in [0.717, 1.165) is 17.8 Å². The summed E-state index contributed by atoms with van der Waals surface area (Å²) < 4.78 is 5.58. The molecule has 0 radical (unpaired) electrons. The molecule has 0 bridgehead atoms. The van der Waals surface area contributed by atoms with Crippen molar-refractivity contribution < 1.29 is 9.53 Å². The largest absolute Gasteiger partial charge is 0.381 e. The van der Waals surface area contributed by atoms with Crippen LogP contribution in [0.5, 0.6) is 0 Å².